The number of halogens is 3. The van der Waals surface area contributed by atoms with E-state index < -0.39 is 11.6 Å². The highest BCUT2D eigenvalue weighted by atomic mass is 19.2. The van der Waals surface area contributed by atoms with Crippen LogP contribution in [-0.2, 0) is 6.42 Å². The monoisotopic (exact) mass is 598 g/mol. The van der Waals surface area contributed by atoms with E-state index >= 15 is 4.39 Å². The molecule has 0 amide bonds. The summed E-state index contributed by atoms with van der Waals surface area (Å²) in [6.45, 7) is 4.37. The molecule has 44 heavy (non-hydrogen) atoms. The van der Waals surface area contributed by atoms with Crippen LogP contribution in [0.3, 0.4) is 0 Å². The highest BCUT2D eigenvalue weighted by Gasteiger charge is 2.28. The Kier molecular flexibility index (Phi) is 11.6. The van der Waals surface area contributed by atoms with Gasteiger partial charge in [-0.05, 0) is 96.6 Å². The minimum atomic E-state index is -0.840. The lowest BCUT2D eigenvalue weighted by Crippen LogP contribution is -2.23. The maximum Gasteiger partial charge on any atom is 0.166 e. The fourth-order valence-corrected chi connectivity index (χ4v) is 7.42. The smallest absolute Gasteiger partial charge is 0.166 e. The first-order chi connectivity index (χ1) is 21.5. The normalized spacial score (nSPS) is 20.7. The van der Waals surface area contributed by atoms with Gasteiger partial charge in [0.25, 0.3) is 0 Å². The summed E-state index contributed by atoms with van der Waals surface area (Å²) in [6.07, 6.45) is 23.0. The Morgan fingerprint density at radius 2 is 1.39 bits per heavy atom. The summed E-state index contributed by atoms with van der Waals surface area (Å²) < 4.78 is 45.1. The van der Waals surface area contributed by atoms with Crippen LogP contribution < -0.4 is 0 Å². The fraction of sp³-hybridized carbons (Fsp3) is 0.463. The van der Waals surface area contributed by atoms with Crippen LogP contribution in [0.15, 0.2) is 72.8 Å². The van der Waals surface area contributed by atoms with E-state index in [4.69, 9.17) is 0 Å². The molecule has 1 atom stereocenters. The van der Waals surface area contributed by atoms with Crippen molar-refractivity contribution in [2.45, 2.75) is 104 Å². The number of rotatable bonds is 12. The molecule has 0 aromatic heterocycles. The minimum Gasteiger partial charge on any atom is -0.206 e. The summed E-state index contributed by atoms with van der Waals surface area (Å²) in [5, 5.41) is 0. The zero-order valence-corrected chi connectivity index (χ0v) is 26.7. The Morgan fingerprint density at radius 1 is 0.682 bits per heavy atom. The third kappa shape index (κ3) is 7.95. The molecule has 2 aliphatic carbocycles. The van der Waals surface area contributed by atoms with E-state index in [-0.39, 0.29) is 11.4 Å². The molecule has 1 fully saturated rings. The van der Waals surface area contributed by atoms with Crippen molar-refractivity contribution in [3.63, 3.8) is 0 Å². The molecule has 0 N–H and O–H groups in total. The second-order valence-electron chi connectivity index (χ2n) is 13.2. The highest BCUT2D eigenvalue weighted by molar-refractivity contribution is 5.74. The van der Waals surface area contributed by atoms with Gasteiger partial charge < -0.3 is 0 Å². The van der Waals surface area contributed by atoms with Crippen LogP contribution in [0, 0.1) is 35.2 Å². The summed E-state index contributed by atoms with van der Waals surface area (Å²) in [6, 6.07) is 15.9. The van der Waals surface area contributed by atoms with Gasteiger partial charge in [-0.1, -0.05) is 126 Å². The average Bonchev–Trinajstić information content (AvgIpc) is 3.06. The minimum absolute atomic E-state index is 0.216. The SMILES string of the molecule is CCCC=CCc1ccc(-c2ccc(-c3ccc(C4=CCC(C5CCC(CCCCC)CC5)CC4)cc3F)cc2)c(F)c1F. The molecule has 1 unspecified atom stereocenters. The molecule has 0 nitrogen and oxygen atoms in total. The first-order valence-corrected chi connectivity index (χ1v) is 17.2. The second-order valence-corrected chi connectivity index (χ2v) is 13.2. The topological polar surface area (TPSA) is 0 Å². The quantitative estimate of drug-likeness (QED) is 0.144. The predicted molar refractivity (Wildman–Crippen MR) is 180 cm³/mol. The van der Waals surface area contributed by atoms with Crippen LogP contribution >= 0.6 is 0 Å². The Hall–Kier alpha value is -3.07. The van der Waals surface area contributed by atoms with E-state index in [0.717, 1.165) is 54.6 Å². The van der Waals surface area contributed by atoms with Crippen molar-refractivity contribution < 1.29 is 13.2 Å². The van der Waals surface area contributed by atoms with Gasteiger partial charge in [-0.25, -0.2) is 13.2 Å². The van der Waals surface area contributed by atoms with Crippen LogP contribution in [0.2, 0.25) is 0 Å². The molecule has 3 aromatic carbocycles. The zero-order chi connectivity index (χ0) is 30.9. The molecule has 234 valence electrons. The molecule has 3 aromatic rings. The Bertz CT molecular complexity index is 1420. The van der Waals surface area contributed by atoms with Gasteiger partial charge in [0.15, 0.2) is 11.6 Å². The van der Waals surface area contributed by atoms with Crippen LogP contribution in [0.1, 0.15) is 108 Å². The lowest BCUT2D eigenvalue weighted by molar-refractivity contribution is 0.187. The molecule has 0 radical (unpaired) electrons. The van der Waals surface area contributed by atoms with Gasteiger partial charge >= 0.3 is 0 Å². The summed E-state index contributed by atoms with van der Waals surface area (Å²) in [4.78, 5) is 0. The maximum atomic E-state index is 15.4. The van der Waals surface area contributed by atoms with Crippen molar-refractivity contribution in [2.75, 3.05) is 0 Å². The average molecular weight is 599 g/mol. The molecule has 0 saturated heterocycles. The number of allylic oxidation sites excluding steroid dienone is 4. The molecule has 0 aliphatic heterocycles. The summed E-state index contributed by atoms with van der Waals surface area (Å²) in [5.41, 5.74) is 4.61. The molecule has 2 aliphatic rings. The first-order valence-electron chi connectivity index (χ1n) is 17.2. The van der Waals surface area contributed by atoms with Crippen LogP contribution in [0.5, 0.6) is 0 Å². The summed E-state index contributed by atoms with van der Waals surface area (Å²) in [5.74, 6) is 0.680. The zero-order valence-electron chi connectivity index (χ0n) is 26.7. The number of hydrogen-bond donors (Lipinski definition) is 0. The molecule has 3 heteroatoms. The van der Waals surface area contributed by atoms with E-state index in [1.54, 1.807) is 42.5 Å². The van der Waals surface area contributed by atoms with Crippen molar-refractivity contribution in [1.29, 1.82) is 0 Å². The van der Waals surface area contributed by atoms with E-state index in [2.05, 4.69) is 19.9 Å². The lowest BCUT2D eigenvalue weighted by atomic mass is 9.70. The summed E-state index contributed by atoms with van der Waals surface area (Å²) in [7, 11) is 0. The largest absolute Gasteiger partial charge is 0.206 e. The van der Waals surface area contributed by atoms with Crippen LogP contribution in [0.25, 0.3) is 27.8 Å². The molecule has 0 bridgehead atoms. The maximum absolute atomic E-state index is 15.4. The Labute approximate surface area is 263 Å². The molecule has 1 saturated carbocycles. The molecular formula is C41H49F3. The molecule has 5 rings (SSSR count). The van der Waals surface area contributed by atoms with Crippen molar-refractivity contribution in [3.05, 3.63) is 101 Å². The van der Waals surface area contributed by atoms with E-state index in [0.29, 0.717) is 23.1 Å². The van der Waals surface area contributed by atoms with Gasteiger partial charge in [-0.2, -0.15) is 0 Å². The van der Waals surface area contributed by atoms with Crippen molar-refractivity contribution in [2.24, 2.45) is 17.8 Å². The van der Waals surface area contributed by atoms with Crippen LogP contribution in [-0.4, -0.2) is 0 Å². The van der Waals surface area contributed by atoms with Crippen molar-refractivity contribution in [1.82, 2.24) is 0 Å². The molecule has 0 spiro atoms. The first kappa shape index (κ1) is 32.3. The van der Waals surface area contributed by atoms with Crippen LogP contribution in [0.4, 0.5) is 13.2 Å². The van der Waals surface area contributed by atoms with Gasteiger partial charge in [0, 0.05) is 11.1 Å². The van der Waals surface area contributed by atoms with Gasteiger partial charge in [-0.3, -0.25) is 0 Å². The molecule has 0 heterocycles. The van der Waals surface area contributed by atoms with E-state index in [9.17, 15) is 8.78 Å². The summed E-state index contributed by atoms with van der Waals surface area (Å²) >= 11 is 0. The Balaban J connectivity index is 1.20. The number of unbranched alkanes of at least 4 members (excludes halogenated alkanes) is 3. The van der Waals surface area contributed by atoms with Crippen molar-refractivity contribution >= 4 is 5.57 Å². The third-order valence-electron chi connectivity index (χ3n) is 10.2. The van der Waals surface area contributed by atoms with E-state index in [1.165, 1.54) is 63.4 Å². The predicted octanol–water partition coefficient (Wildman–Crippen LogP) is 12.9. The third-order valence-corrected chi connectivity index (χ3v) is 10.2. The lowest BCUT2D eigenvalue weighted by Gasteiger charge is -2.35. The van der Waals surface area contributed by atoms with Gasteiger partial charge in [-0.15, -0.1) is 0 Å². The van der Waals surface area contributed by atoms with Gasteiger partial charge in [0.05, 0.1) is 0 Å². The standard InChI is InChI=1S/C41H49F3/c1-3-5-7-9-11-35-24-27-38(41(44)40(35)43)34-22-20-33(21-23-34)37-26-25-36(28-39(37)42)32-18-16-31(17-19-32)30-14-12-29(13-15-30)10-8-6-4-2/h7,9,18,20-31H,3-6,8,10-17,19H2,1-2H3. The number of benzene rings is 3. The fourth-order valence-electron chi connectivity index (χ4n) is 7.42. The number of hydrogen-bond acceptors (Lipinski definition) is 0. The highest BCUT2D eigenvalue weighted by Crippen LogP contribution is 2.42. The van der Waals surface area contributed by atoms with Crippen molar-refractivity contribution in [3.8, 4) is 22.3 Å². The van der Waals surface area contributed by atoms with Gasteiger partial charge in [0.1, 0.15) is 5.82 Å². The van der Waals surface area contributed by atoms with Gasteiger partial charge in [0.2, 0.25) is 0 Å². The Morgan fingerprint density at radius 3 is 2.05 bits per heavy atom. The van der Waals surface area contributed by atoms with E-state index in [1.807, 2.05) is 24.3 Å². The molecular weight excluding hydrogens is 549 g/mol. The second kappa shape index (κ2) is 15.8.